The van der Waals surface area contributed by atoms with Gasteiger partial charge in [-0.3, -0.25) is 4.57 Å². The molecule has 4 rings (SSSR count). The first kappa shape index (κ1) is 13.4. The Morgan fingerprint density at radius 3 is 3.00 bits per heavy atom. The van der Waals surface area contributed by atoms with E-state index >= 15 is 0 Å². The van der Waals surface area contributed by atoms with Gasteiger partial charge >= 0.3 is 0 Å². The molecule has 1 fully saturated rings. The van der Waals surface area contributed by atoms with Crippen molar-refractivity contribution >= 4 is 12.4 Å². The van der Waals surface area contributed by atoms with Gasteiger partial charge in [-0.1, -0.05) is 12.1 Å². The molecule has 106 valence electrons. The minimum atomic E-state index is 0. The van der Waals surface area contributed by atoms with Crippen LogP contribution in [-0.4, -0.2) is 27.9 Å². The normalized spacial score (nSPS) is 20.3. The number of rotatable bonds is 1. The summed E-state index contributed by atoms with van der Waals surface area (Å²) in [6.07, 6.45) is 2.37. The highest BCUT2D eigenvalue weighted by molar-refractivity contribution is 5.85. The molecule has 2 aromatic rings. The van der Waals surface area contributed by atoms with Crippen LogP contribution >= 0.6 is 12.4 Å². The molecular formula is C14H17ClN4O. The predicted octanol–water partition coefficient (Wildman–Crippen LogP) is 2.05. The van der Waals surface area contributed by atoms with E-state index in [-0.39, 0.29) is 12.4 Å². The Hall–Kier alpha value is -1.59. The maximum atomic E-state index is 5.71. The van der Waals surface area contributed by atoms with Crippen molar-refractivity contribution in [2.45, 2.75) is 25.4 Å². The number of hydrogen-bond acceptors (Lipinski definition) is 4. The van der Waals surface area contributed by atoms with Gasteiger partial charge in [-0.05, 0) is 31.5 Å². The molecular weight excluding hydrogens is 276 g/mol. The minimum absolute atomic E-state index is 0. The van der Waals surface area contributed by atoms with Gasteiger partial charge in [0.15, 0.2) is 5.82 Å². The van der Waals surface area contributed by atoms with E-state index in [1.54, 1.807) is 0 Å². The van der Waals surface area contributed by atoms with E-state index in [2.05, 4.69) is 26.1 Å². The average Bonchev–Trinajstić information content (AvgIpc) is 2.92. The van der Waals surface area contributed by atoms with Crippen molar-refractivity contribution in [2.75, 3.05) is 13.1 Å². The molecule has 1 unspecified atom stereocenters. The number of nitrogens with one attached hydrogen (secondary N) is 1. The van der Waals surface area contributed by atoms with Gasteiger partial charge in [0.1, 0.15) is 18.2 Å². The molecule has 6 heteroatoms. The largest absolute Gasteiger partial charge is 0.483 e. The third-order valence-corrected chi connectivity index (χ3v) is 3.88. The number of fused-ring (bicyclic) bond motifs is 3. The van der Waals surface area contributed by atoms with Crippen LogP contribution in [0.5, 0.6) is 5.75 Å². The van der Waals surface area contributed by atoms with Crippen LogP contribution in [0, 0.1) is 0 Å². The molecule has 1 N–H and O–H groups in total. The van der Waals surface area contributed by atoms with Crippen LogP contribution in [0.25, 0.3) is 5.69 Å². The molecule has 1 saturated heterocycles. The zero-order valence-corrected chi connectivity index (χ0v) is 11.9. The fraction of sp³-hybridized carbons (Fsp3) is 0.429. The molecule has 1 atom stereocenters. The summed E-state index contributed by atoms with van der Waals surface area (Å²) in [5.74, 6) is 3.33. The van der Waals surface area contributed by atoms with Crippen molar-refractivity contribution in [3.8, 4) is 11.4 Å². The summed E-state index contributed by atoms with van der Waals surface area (Å²) in [6.45, 7) is 2.60. The SMILES string of the molecule is Cl.c1ccc2c(c1)OCc1nnc(C3CCCNC3)n1-2. The van der Waals surface area contributed by atoms with E-state index in [9.17, 15) is 0 Å². The van der Waals surface area contributed by atoms with Crippen LogP contribution in [-0.2, 0) is 6.61 Å². The van der Waals surface area contributed by atoms with E-state index in [0.717, 1.165) is 36.2 Å². The lowest BCUT2D eigenvalue weighted by atomic mass is 9.98. The maximum Gasteiger partial charge on any atom is 0.175 e. The Morgan fingerprint density at radius 2 is 2.15 bits per heavy atom. The van der Waals surface area contributed by atoms with Crippen LogP contribution in [0.2, 0.25) is 0 Å². The predicted molar refractivity (Wildman–Crippen MR) is 77.8 cm³/mol. The molecule has 0 radical (unpaired) electrons. The molecule has 2 aliphatic heterocycles. The average molecular weight is 293 g/mol. The van der Waals surface area contributed by atoms with Crippen LogP contribution < -0.4 is 10.1 Å². The number of benzene rings is 1. The summed E-state index contributed by atoms with van der Waals surface area (Å²) >= 11 is 0. The highest BCUT2D eigenvalue weighted by Gasteiger charge is 2.27. The van der Waals surface area contributed by atoms with Gasteiger partial charge in [0.2, 0.25) is 0 Å². The van der Waals surface area contributed by atoms with Crippen LogP contribution in [0.4, 0.5) is 0 Å². The summed E-state index contributed by atoms with van der Waals surface area (Å²) in [5.41, 5.74) is 1.06. The molecule has 20 heavy (non-hydrogen) atoms. The Morgan fingerprint density at radius 1 is 1.25 bits per heavy atom. The van der Waals surface area contributed by atoms with Crippen molar-refractivity contribution in [3.63, 3.8) is 0 Å². The smallest absolute Gasteiger partial charge is 0.175 e. The maximum absolute atomic E-state index is 5.71. The van der Waals surface area contributed by atoms with E-state index in [1.807, 2.05) is 18.2 Å². The highest BCUT2D eigenvalue weighted by atomic mass is 35.5. The topological polar surface area (TPSA) is 52.0 Å². The second kappa shape index (κ2) is 5.42. The quantitative estimate of drug-likeness (QED) is 0.874. The Kier molecular flexibility index (Phi) is 3.63. The molecule has 0 saturated carbocycles. The molecule has 0 amide bonds. The third kappa shape index (κ3) is 2.07. The molecule has 0 bridgehead atoms. The van der Waals surface area contributed by atoms with Gasteiger partial charge in [0.05, 0.1) is 5.69 Å². The summed E-state index contributed by atoms with van der Waals surface area (Å²) in [7, 11) is 0. The Bertz CT molecular complexity index is 607. The summed E-state index contributed by atoms with van der Waals surface area (Å²) in [4.78, 5) is 0. The van der Waals surface area contributed by atoms with Crippen LogP contribution in [0.1, 0.15) is 30.4 Å². The van der Waals surface area contributed by atoms with E-state index in [0.29, 0.717) is 12.5 Å². The molecule has 3 heterocycles. The molecule has 1 aromatic heterocycles. The number of halogens is 1. The van der Waals surface area contributed by atoms with Crippen molar-refractivity contribution in [1.82, 2.24) is 20.1 Å². The number of para-hydroxylation sites is 2. The van der Waals surface area contributed by atoms with Crippen molar-refractivity contribution in [3.05, 3.63) is 35.9 Å². The van der Waals surface area contributed by atoms with Crippen molar-refractivity contribution in [1.29, 1.82) is 0 Å². The fourth-order valence-corrected chi connectivity index (χ4v) is 2.93. The van der Waals surface area contributed by atoms with Gasteiger partial charge in [-0.15, -0.1) is 22.6 Å². The first-order valence-electron chi connectivity index (χ1n) is 6.80. The lowest BCUT2D eigenvalue weighted by Crippen LogP contribution is -2.30. The lowest BCUT2D eigenvalue weighted by Gasteiger charge is -2.25. The van der Waals surface area contributed by atoms with E-state index < -0.39 is 0 Å². The monoisotopic (exact) mass is 292 g/mol. The van der Waals surface area contributed by atoms with Crippen LogP contribution in [0.15, 0.2) is 24.3 Å². The molecule has 2 aliphatic rings. The third-order valence-electron chi connectivity index (χ3n) is 3.88. The van der Waals surface area contributed by atoms with E-state index in [4.69, 9.17) is 4.74 Å². The minimum Gasteiger partial charge on any atom is -0.483 e. The number of piperidine rings is 1. The number of hydrogen-bond donors (Lipinski definition) is 1. The summed E-state index contributed by atoms with van der Waals surface area (Å²) in [6, 6.07) is 8.10. The number of nitrogens with zero attached hydrogens (tertiary/aromatic N) is 3. The second-order valence-electron chi connectivity index (χ2n) is 5.11. The molecule has 1 aromatic carbocycles. The Labute approximate surface area is 123 Å². The fourth-order valence-electron chi connectivity index (χ4n) is 2.93. The van der Waals surface area contributed by atoms with Gasteiger partial charge < -0.3 is 10.1 Å². The molecule has 5 nitrogen and oxygen atoms in total. The number of ether oxygens (including phenoxy) is 1. The van der Waals surface area contributed by atoms with Crippen LogP contribution in [0.3, 0.4) is 0 Å². The van der Waals surface area contributed by atoms with Gasteiger partial charge in [-0.25, -0.2) is 0 Å². The van der Waals surface area contributed by atoms with Gasteiger partial charge in [-0.2, -0.15) is 0 Å². The first-order chi connectivity index (χ1) is 9.43. The summed E-state index contributed by atoms with van der Waals surface area (Å²) < 4.78 is 7.89. The molecule has 0 aliphatic carbocycles. The standard InChI is InChI=1S/C14H16N4O.ClH/c1-2-6-12-11(5-1)18-13(9-19-12)16-17-14(18)10-4-3-7-15-8-10;/h1-2,5-6,10,15H,3-4,7-9H2;1H. The Balaban J connectivity index is 0.00000121. The van der Waals surface area contributed by atoms with Gasteiger partial charge in [0.25, 0.3) is 0 Å². The van der Waals surface area contributed by atoms with Crippen molar-refractivity contribution in [2.24, 2.45) is 0 Å². The zero-order valence-electron chi connectivity index (χ0n) is 11.1. The lowest BCUT2D eigenvalue weighted by molar-refractivity contribution is 0.277. The second-order valence-corrected chi connectivity index (χ2v) is 5.11. The molecule has 0 spiro atoms. The summed E-state index contributed by atoms with van der Waals surface area (Å²) in [5, 5.41) is 12.1. The number of aromatic nitrogens is 3. The van der Waals surface area contributed by atoms with Gasteiger partial charge in [0, 0.05) is 12.5 Å². The van der Waals surface area contributed by atoms with E-state index in [1.165, 1.54) is 12.8 Å². The highest BCUT2D eigenvalue weighted by Crippen LogP contribution is 2.33. The van der Waals surface area contributed by atoms with Crippen molar-refractivity contribution < 1.29 is 4.74 Å². The zero-order chi connectivity index (χ0) is 12.7. The first-order valence-corrected chi connectivity index (χ1v) is 6.80.